The van der Waals surface area contributed by atoms with Gasteiger partial charge < -0.3 is 5.73 Å². The van der Waals surface area contributed by atoms with Gasteiger partial charge in [-0.15, -0.1) is 0 Å². The number of hydrogen-bond acceptors (Lipinski definition) is 1. The van der Waals surface area contributed by atoms with Gasteiger partial charge in [-0.3, -0.25) is 0 Å². The summed E-state index contributed by atoms with van der Waals surface area (Å²) < 4.78 is 0. The van der Waals surface area contributed by atoms with E-state index in [9.17, 15) is 0 Å². The number of halogens is 2. The van der Waals surface area contributed by atoms with Gasteiger partial charge in [0.1, 0.15) is 0 Å². The Kier molecular flexibility index (Phi) is 6.10. The molecule has 0 saturated heterocycles. The molecule has 0 amide bonds. The normalized spacial score (nSPS) is 12.4. The van der Waals surface area contributed by atoms with E-state index in [1.165, 1.54) is 18.4 Å². The Balaban J connectivity index is 2.02. The number of nitrogens with two attached hydrogens (primary N) is 1. The maximum absolute atomic E-state index is 6.29. The highest BCUT2D eigenvalue weighted by Gasteiger charge is 2.08. The second-order valence-electron chi connectivity index (χ2n) is 5.40. The van der Waals surface area contributed by atoms with Gasteiger partial charge in [0.15, 0.2) is 0 Å². The van der Waals surface area contributed by atoms with Crippen molar-refractivity contribution in [3.8, 4) is 0 Å². The Morgan fingerprint density at radius 3 is 2.24 bits per heavy atom. The van der Waals surface area contributed by atoms with Gasteiger partial charge in [-0.05, 0) is 48.1 Å². The summed E-state index contributed by atoms with van der Waals surface area (Å²) in [5, 5.41) is 1.16. The number of aryl methyl sites for hydroxylation is 1. The van der Waals surface area contributed by atoms with E-state index < -0.39 is 0 Å². The molecule has 2 N–H and O–H groups in total. The summed E-state index contributed by atoms with van der Waals surface area (Å²) in [4.78, 5) is 0. The molecule has 3 heteroatoms. The van der Waals surface area contributed by atoms with Crippen molar-refractivity contribution in [2.24, 2.45) is 5.73 Å². The summed E-state index contributed by atoms with van der Waals surface area (Å²) in [6.45, 7) is 2.21. The fraction of sp³-hybridized carbons (Fsp3) is 0.333. The first-order valence-corrected chi connectivity index (χ1v) is 8.14. The van der Waals surface area contributed by atoms with E-state index in [0.29, 0.717) is 10.0 Å². The van der Waals surface area contributed by atoms with Crippen LogP contribution in [0.2, 0.25) is 10.0 Å². The van der Waals surface area contributed by atoms with E-state index in [1.807, 2.05) is 18.2 Å². The smallest absolute Gasteiger partial charge is 0.0595 e. The lowest BCUT2D eigenvalue weighted by Crippen LogP contribution is -2.13. The number of rotatable bonds is 6. The first-order chi connectivity index (χ1) is 10.1. The third kappa shape index (κ3) is 4.74. The van der Waals surface area contributed by atoms with Crippen LogP contribution in [0.3, 0.4) is 0 Å². The molecule has 2 aromatic carbocycles. The van der Waals surface area contributed by atoms with Crippen LogP contribution in [-0.2, 0) is 12.8 Å². The third-order valence-corrected chi connectivity index (χ3v) is 4.41. The summed E-state index contributed by atoms with van der Waals surface area (Å²) in [5.41, 5.74) is 9.92. The predicted molar refractivity (Wildman–Crippen MR) is 92.1 cm³/mol. The highest BCUT2D eigenvalue weighted by Crippen LogP contribution is 2.25. The van der Waals surface area contributed by atoms with E-state index in [2.05, 4.69) is 31.2 Å². The van der Waals surface area contributed by atoms with E-state index in [-0.39, 0.29) is 6.04 Å². The summed E-state index contributed by atoms with van der Waals surface area (Å²) >= 11 is 12.0. The molecule has 0 spiro atoms. The average molecular weight is 322 g/mol. The van der Waals surface area contributed by atoms with Crippen LogP contribution < -0.4 is 5.73 Å². The molecule has 0 heterocycles. The Hall–Kier alpha value is -1.02. The fourth-order valence-electron chi connectivity index (χ4n) is 2.35. The number of hydrogen-bond donors (Lipinski definition) is 1. The minimum Gasteiger partial charge on any atom is -0.324 e. The van der Waals surface area contributed by atoms with Crippen LogP contribution in [0.25, 0.3) is 0 Å². The van der Waals surface area contributed by atoms with Crippen LogP contribution in [0.4, 0.5) is 0 Å². The van der Waals surface area contributed by atoms with Crippen molar-refractivity contribution in [3.05, 3.63) is 69.2 Å². The molecule has 2 rings (SSSR count). The predicted octanol–water partition coefficient (Wildman–Crippen LogP) is 5.58. The molecule has 0 aliphatic carbocycles. The molecule has 0 radical (unpaired) electrons. The summed E-state index contributed by atoms with van der Waals surface area (Å²) in [6, 6.07) is 14.3. The van der Waals surface area contributed by atoms with Gasteiger partial charge >= 0.3 is 0 Å². The van der Waals surface area contributed by atoms with Crippen LogP contribution in [-0.4, -0.2) is 0 Å². The largest absolute Gasteiger partial charge is 0.324 e. The van der Waals surface area contributed by atoms with Crippen molar-refractivity contribution in [2.45, 2.75) is 38.6 Å². The highest BCUT2D eigenvalue weighted by molar-refractivity contribution is 6.42. The second kappa shape index (κ2) is 7.84. The van der Waals surface area contributed by atoms with Gasteiger partial charge in [0.05, 0.1) is 10.0 Å². The first-order valence-electron chi connectivity index (χ1n) is 7.38. The molecule has 0 aromatic heterocycles. The first kappa shape index (κ1) is 16.4. The molecule has 0 fully saturated rings. The Labute approximate surface area is 137 Å². The molecular weight excluding hydrogens is 301 g/mol. The number of unbranched alkanes of at least 4 members (excludes halogenated alkanes) is 1. The fourth-order valence-corrected chi connectivity index (χ4v) is 2.67. The van der Waals surface area contributed by atoms with Crippen molar-refractivity contribution in [2.75, 3.05) is 0 Å². The molecular formula is C18H21Cl2N. The zero-order chi connectivity index (χ0) is 15.2. The highest BCUT2D eigenvalue weighted by atomic mass is 35.5. The van der Waals surface area contributed by atoms with Crippen LogP contribution in [0.1, 0.15) is 42.5 Å². The molecule has 0 aliphatic rings. The number of benzene rings is 2. The summed E-state index contributed by atoms with van der Waals surface area (Å²) in [6.07, 6.45) is 4.34. The molecule has 1 unspecified atom stereocenters. The Bertz CT molecular complexity index is 578. The van der Waals surface area contributed by atoms with E-state index in [1.54, 1.807) is 0 Å². The maximum Gasteiger partial charge on any atom is 0.0595 e. The van der Waals surface area contributed by atoms with Gasteiger partial charge in [0.2, 0.25) is 0 Å². The van der Waals surface area contributed by atoms with Crippen molar-refractivity contribution >= 4 is 23.2 Å². The minimum absolute atomic E-state index is 0.0255. The average Bonchev–Trinajstić information content (AvgIpc) is 2.49. The summed E-state index contributed by atoms with van der Waals surface area (Å²) in [5.74, 6) is 0. The lowest BCUT2D eigenvalue weighted by Gasteiger charge is -2.13. The molecule has 112 valence electrons. The molecule has 0 aliphatic heterocycles. The topological polar surface area (TPSA) is 26.0 Å². The van der Waals surface area contributed by atoms with Crippen molar-refractivity contribution < 1.29 is 0 Å². The molecule has 1 atom stereocenters. The van der Waals surface area contributed by atoms with E-state index in [4.69, 9.17) is 28.9 Å². The van der Waals surface area contributed by atoms with E-state index in [0.717, 1.165) is 24.0 Å². The Morgan fingerprint density at radius 2 is 1.62 bits per heavy atom. The quantitative estimate of drug-likeness (QED) is 0.738. The van der Waals surface area contributed by atoms with E-state index >= 15 is 0 Å². The van der Waals surface area contributed by atoms with Gasteiger partial charge in [-0.2, -0.15) is 0 Å². The van der Waals surface area contributed by atoms with Crippen molar-refractivity contribution in [3.63, 3.8) is 0 Å². The molecule has 1 nitrogen and oxygen atoms in total. The van der Waals surface area contributed by atoms with Crippen LogP contribution in [0.5, 0.6) is 0 Å². The lowest BCUT2D eigenvalue weighted by atomic mass is 9.98. The van der Waals surface area contributed by atoms with Crippen molar-refractivity contribution in [1.82, 2.24) is 0 Å². The summed E-state index contributed by atoms with van der Waals surface area (Å²) in [7, 11) is 0. The molecule has 0 saturated carbocycles. The van der Waals surface area contributed by atoms with Gasteiger partial charge in [-0.25, -0.2) is 0 Å². The van der Waals surface area contributed by atoms with Crippen LogP contribution in [0.15, 0.2) is 42.5 Å². The van der Waals surface area contributed by atoms with Crippen molar-refractivity contribution in [1.29, 1.82) is 0 Å². The molecule has 0 bridgehead atoms. The lowest BCUT2D eigenvalue weighted by molar-refractivity contribution is 0.720. The maximum atomic E-state index is 6.29. The van der Waals surface area contributed by atoms with Crippen LogP contribution in [0, 0.1) is 0 Å². The zero-order valence-electron chi connectivity index (χ0n) is 12.3. The van der Waals surface area contributed by atoms with Crippen LogP contribution >= 0.6 is 23.2 Å². The molecule has 2 aromatic rings. The molecule has 21 heavy (non-hydrogen) atoms. The monoisotopic (exact) mass is 321 g/mol. The zero-order valence-corrected chi connectivity index (χ0v) is 13.8. The SMILES string of the molecule is CCCCc1ccc(C(N)Cc2ccc(Cl)c(Cl)c2)cc1. The van der Waals surface area contributed by atoms with Gasteiger partial charge in [0, 0.05) is 6.04 Å². The second-order valence-corrected chi connectivity index (χ2v) is 6.22. The third-order valence-electron chi connectivity index (χ3n) is 3.67. The standard InChI is InChI=1S/C18H21Cl2N/c1-2-3-4-13-5-8-15(9-6-13)18(21)12-14-7-10-16(19)17(20)11-14/h5-11,18H,2-4,12,21H2,1H3. The van der Waals surface area contributed by atoms with Gasteiger partial charge in [-0.1, -0.05) is 66.9 Å². The minimum atomic E-state index is -0.0255. The Morgan fingerprint density at radius 1 is 0.952 bits per heavy atom. The van der Waals surface area contributed by atoms with Gasteiger partial charge in [0.25, 0.3) is 0 Å².